The fraction of sp³-hybridized carbons (Fsp3) is 0.511. The van der Waals surface area contributed by atoms with Crippen LogP contribution >= 0.6 is 24.4 Å². The fourth-order valence-electron chi connectivity index (χ4n) is 15.5. The van der Waals surface area contributed by atoms with Crippen LogP contribution in [0.1, 0.15) is 129 Å². The van der Waals surface area contributed by atoms with Gasteiger partial charge in [0.1, 0.15) is 96.7 Å². The maximum absolute atomic E-state index is 15.0. The number of primary amides is 1. The van der Waals surface area contributed by atoms with E-state index in [2.05, 4.69) is 123 Å². The smallest absolute Gasteiger partial charge is 0.326 e. The normalized spacial score (nSPS) is 15.8. The molecule has 0 spiro atoms. The summed E-state index contributed by atoms with van der Waals surface area (Å²) in [6.07, 6.45) is 3.21. The number of aromatic nitrogens is 4. The van der Waals surface area contributed by atoms with Gasteiger partial charge in [0.15, 0.2) is 0 Å². The summed E-state index contributed by atoms with van der Waals surface area (Å²) < 4.78 is 0. The average Bonchev–Trinajstić information content (AvgIpc) is 1.65. The second kappa shape index (κ2) is 58.3. The predicted octanol–water partition coefficient (Wildman–Crippen LogP) is -6.51. The van der Waals surface area contributed by atoms with Crippen LogP contribution < -0.4 is 102 Å². The molecule has 0 radical (unpaired) electrons. The Morgan fingerprint density at radius 2 is 0.904 bits per heavy atom. The molecular weight excluding hydrogens is 1950 g/mol. The van der Waals surface area contributed by atoms with Crippen LogP contribution in [0.3, 0.4) is 0 Å². The van der Waals surface area contributed by atoms with Gasteiger partial charge in [-0.3, -0.25) is 95.9 Å². The van der Waals surface area contributed by atoms with Gasteiger partial charge in [-0.05, 0) is 119 Å². The first kappa shape index (κ1) is 118. The highest BCUT2D eigenvalue weighted by molar-refractivity contribution is 7.98. The van der Waals surface area contributed by atoms with E-state index in [1.54, 1.807) is 125 Å². The van der Waals surface area contributed by atoms with Gasteiger partial charge in [0, 0.05) is 90.5 Å². The van der Waals surface area contributed by atoms with E-state index >= 15 is 0 Å². The average molecular weight is 2080 g/mol. The van der Waals surface area contributed by atoms with Crippen molar-refractivity contribution in [3.8, 4) is 0 Å². The third-order valence-corrected chi connectivity index (χ3v) is 24.4. The van der Waals surface area contributed by atoms with Crippen LogP contribution in [0.4, 0.5) is 0 Å². The first-order chi connectivity index (χ1) is 69.2. The number of aliphatic hydroxyl groups excluding tert-OH is 3. The second-order valence-corrected chi connectivity index (χ2v) is 37.4. The molecule has 3 aromatic carbocycles. The summed E-state index contributed by atoms with van der Waals surface area (Å²) in [5.74, 6) is -22.6. The van der Waals surface area contributed by atoms with Gasteiger partial charge in [0.05, 0.1) is 51.2 Å². The zero-order valence-corrected chi connectivity index (χ0v) is 83.7. The number of aliphatic carboxylic acids is 2. The number of para-hydroxylation sites is 2. The van der Waals surface area contributed by atoms with Crippen molar-refractivity contribution >= 4 is 170 Å². The fourth-order valence-corrected chi connectivity index (χ4v) is 16.3. The molecule has 4 heterocycles. The summed E-state index contributed by atoms with van der Waals surface area (Å²) in [5, 5.41) is 93.0. The molecule has 0 bridgehead atoms. The Kier molecular flexibility index (Phi) is 47.3. The van der Waals surface area contributed by atoms with E-state index < -0.39 is 284 Å². The summed E-state index contributed by atoms with van der Waals surface area (Å²) in [7, 11) is 0. The van der Waals surface area contributed by atoms with Crippen molar-refractivity contribution in [3.05, 3.63) is 126 Å². The Balaban J connectivity index is 0.988. The number of imidazole rings is 1. The van der Waals surface area contributed by atoms with Crippen LogP contribution in [0.2, 0.25) is 0 Å². The minimum absolute atomic E-state index is 0.0109. The highest BCUT2D eigenvalue weighted by Crippen LogP contribution is 2.25. The summed E-state index contributed by atoms with van der Waals surface area (Å²) in [6, 6.07) is -3.72. The van der Waals surface area contributed by atoms with Gasteiger partial charge in [-0.2, -0.15) is 24.4 Å². The monoisotopic (exact) mass is 2080 g/mol. The number of rotatable bonds is 60. The number of thioether (sulfide) groups is 1. The van der Waals surface area contributed by atoms with Crippen LogP contribution in [0.15, 0.2) is 104 Å². The molecule has 0 aliphatic carbocycles. The maximum atomic E-state index is 15.0. The molecule has 29 N–H and O–H groups in total. The SMILES string of the molecule is CSCC[C@H](NC(=O)[C@H](Cc1c[nH]c2ccccc12)NC(=O)[C@@H]1CCCN1C(=O)[C@H](CC(C)C)NC(=O)[C@H](CCC(=O)O)NC(=O)[C@@H](NC(=O)[C@H](C)N)[C@@H](C)O)C(=O)NCC(=O)N[C@@H](CS)C(=O)N[C@@H](Cc1c[nH]c2ccccc12)C(=O)N[C@@H](Cc1cnc[nH]1)C(=O)N[C@@H](C)C(=O)N[C@@H](CC(N)=O)C(=O)N[C@@H](CO)C(=O)NCC(=O)N[C@@H](CO)C(=O)N[C@@H](C)C(=O)N[C@@H](CC(C)C)C(=O)N[C@@H](Cc1ccccc1)C(=O)O. The predicted molar refractivity (Wildman–Crippen MR) is 531 cm³/mol. The highest BCUT2D eigenvalue weighted by Gasteiger charge is 2.43. The van der Waals surface area contributed by atoms with Crippen molar-refractivity contribution in [1.29, 1.82) is 0 Å². The first-order valence-electron chi connectivity index (χ1n) is 47.2. The number of nitrogens with one attached hydrogen (secondary N) is 20. The lowest BCUT2D eigenvalue weighted by Gasteiger charge is -2.31. The number of nitrogens with two attached hydrogens (primary N) is 2. The molecule has 6 aromatic rings. The molecule has 1 aliphatic rings. The molecule has 18 atom stereocenters. The van der Waals surface area contributed by atoms with E-state index in [-0.39, 0.29) is 87.6 Å². The lowest BCUT2D eigenvalue weighted by atomic mass is 10.0. The molecule has 1 saturated heterocycles. The van der Waals surface area contributed by atoms with Crippen LogP contribution in [0.25, 0.3) is 21.8 Å². The van der Waals surface area contributed by atoms with Gasteiger partial charge < -0.3 is 147 Å². The van der Waals surface area contributed by atoms with Crippen molar-refractivity contribution < 1.29 is 126 Å². The number of carboxylic acids is 2. The van der Waals surface area contributed by atoms with Gasteiger partial charge in [-0.25, -0.2) is 9.78 Å². The minimum Gasteiger partial charge on any atom is -0.481 e. The number of hydrogen-bond donors (Lipinski definition) is 28. The Morgan fingerprint density at radius 1 is 0.466 bits per heavy atom. The summed E-state index contributed by atoms with van der Waals surface area (Å²) in [4.78, 5) is 303. The van der Waals surface area contributed by atoms with Gasteiger partial charge in [0.2, 0.25) is 112 Å². The van der Waals surface area contributed by atoms with E-state index in [1.165, 1.54) is 50.0 Å². The molecule has 1 aliphatic heterocycles. The van der Waals surface area contributed by atoms with E-state index in [9.17, 15) is 126 Å². The molecule has 19 amide bonds. The number of benzene rings is 3. The van der Waals surface area contributed by atoms with E-state index in [4.69, 9.17) is 11.5 Å². The molecule has 7 rings (SSSR count). The zero-order valence-electron chi connectivity index (χ0n) is 82.0. The third kappa shape index (κ3) is 37.2. The number of aromatic amines is 3. The molecule has 0 saturated carbocycles. The standard InChI is InChI=1S/C94H132N24O26S2/c1-46(2)30-62(85(134)115-68(94(143)144)32-52-18-11-10-12-19-52)109-79(128)50(7)104-89(138)70(43-120)105-74(123)40-101-82(131)69(42-119)116-88(137)66(36-73(96)122)110-80(129)49(6)103-84(133)65(35-55-39-97-45-102-55)112-87(136)63(33-53-37-98-58-22-15-13-20-56(53)58)111-90(139)71(44-145)106-75(124)41-100-81(130)61(27-29-146-9)107-86(135)64(34-54-38-99-59-23-16-14-21-57(54)59)113-91(140)72-24-17-28-118(72)93(142)67(31-47(3)4)114-83(132)60(25-26-76(125)126)108-92(141)77(51(8)121)117-78(127)48(5)95/h10-16,18-23,37-39,45-51,60-72,77,98-99,119-121,145H,17,24-36,40-44,95H2,1-9H3,(H2,96,122)(H,97,102)(H,100,130)(H,101,131)(H,103,133)(H,104,138)(H,105,123)(H,106,124)(H,107,135)(H,108,141)(H,109,128)(H,110,129)(H,111,139)(H,112,136)(H,113,140)(H,114,132)(H,115,134)(H,116,137)(H,117,127)(H,125,126)(H,143,144)/t48-,49-,50-,51+,60-,61-,62-,63-,64-,65-,66-,67-,68-,69-,70-,71-,72-,77-/m0/s1. The van der Waals surface area contributed by atoms with E-state index in [1.807, 2.05) is 0 Å². The number of H-pyrrole nitrogens is 3. The first-order valence-corrected chi connectivity index (χ1v) is 49.2. The molecule has 796 valence electrons. The van der Waals surface area contributed by atoms with Crippen LogP contribution in [-0.4, -0.2) is 334 Å². The van der Waals surface area contributed by atoms with Gasteiger partial charge in [0.25, 0.3) is 0 Å². The Hall–Kier alpha value is -14.6. The number of likely N-dealkylation sites (tertiary alicyclic amines) is 1. The molecule has 146 heavy (non-hydrogen) atoms. The molecule has 52 heteroatoms. The van der Waals surface area contributed by atoms with Crippen molar-refractivity contribution in [2.45, 2.75) is 241 Å². The minimum atomic E-state index is -1.94. The third-order valence-electron chi connectivity index (χ3n) is 23.3. The van der Waals surface area contributed by atoms with Gasteiger partial charge in [-0.1, -0.05) is 94.4 Å². The van der Waals surface area contributed by atoms with E-state index in [0.29, 0.717) is 38.5 Å². The maximum Gasteiger partial charge on any atom is 0.326 e. The van der Waals surface area contributed by atoms with Crippen molar-refractivity contribution in [2.75, 3.05) is 50.6 Å². The van der Waals surface area contributed by atoms with Crippen molar-refractivity contribution in [1.82, 2.24) is 115 Å². The number of nitrogens with zero attached hydrogens (tertiary/aromatic N) is 2. The number of hydrogen-bond acceptors (Lipinski definition) is 28. The van der Waals surface area contributed by atoms with Crippen LogP contribution in [0.5, 0.6) is 0 Å². The van der Waals surface area contributed by atoms with Gasteiger partial charge >= 0.3 is 11.9 Å². The Labute approximate surface area is 848 Å². The van der Waals surface area contributed by atoms with Crippen molar-refractivity contribution in [3.63, 3.8) is 0 Å². The van der Waals surface area contributed by atoms with Crippen molar-refractivity contribution in [2.24, 2.45) is 23.3 Å². The molecule has 50 nitrogen and oxygen atoms in total. The number of carbonyl (C=O) groups excluding carboxylic acids is 19. The number of carbonyl (C=O) groups is 21. The molecule has 3 aromatic heterocycles. The largest absolute Gasteiger partial charge is 0.481 e. The van der Waals surface area contributed by atoms with Crippen LogP contribution in [0, 0.1) is 11.8 Å². The number of fused-ring (bicyclic) bond motifs is 2. The highest BCUT2D eigenvalue weighted by atomic mass is 32.2. The van der Waals surface area contributed by atoms with E-state index in [0.717, 1.165) is 6.92 Å². The quantitative estimate of drug-likeness (QED) is 0.0158. The summed E-state index contributed by atoms with van der Waals surface area (Å²) in [5.41, 5.74) is 14.3. The molecular formula is C94H132N24O26S2. The summed E-state index contributed by atoms with van der Waals surface area (Å²) in [6.45, 7) is 7.78. The lowest BCUT2D eigenvalue weighted by molar-refractivity contribution is -0.143. The number of thiol groups is 1. The summed E-state index contributed by atoms with van der Waals surface area (Å²) >= 11 is 5.65. The zero-order chi connectivity index (χ0) is 108. The number of amides is 19. The van der Waals surface area contributed by atoms with Gasteiger partial charge in [-0.15, -0.1) is 0 Å². The number of aliphatic hydroxyl groups is 3. The number of carboxylic acid groups (broad SMARTS) is 2. The lowest BCUT2D eigenvalue weighted by Crippen LogP contribution is -2.61. The second-order valence-electron chi connectivity index (χ2n) is 36.1. The molecule has 1 fully saturated rings. The molecule has 0 unspecified atom stereocenters. The Bertz CT molecular complexity index is 5570. The van der Waals surface area contributed by atoms with Crippen LogP contribution in [-0.2, 0) is 126 Å². The Morgan fingerprint density at radius 3 is 1.42 bits per heavy atom. The topological polar surface area (TPSA) is 780 Å².